The van der Waals surface area contributed by atoms with Gasteiger partial charge in [0.1, 0.15) is 0 Å². The summed E-state index contributed by atoms with van der Waals surface area (Å²) in [5.41, 5.74) is 5.36. The van der Waals surface area contributed by atoms with Crippen molar-refractivity contribution in [2.24, 2.45) is 5.73 Å². The average Bonchev–Trinajstić information content (AvgIpc) is 2.35. The van der Waals surface area contributed by atoms with Crippen LogP contribution in [-0.2, 0) is 24.3 Å². The molecule has 0 aromatic heterocycles. The second-order valence-corrected chi connectivity index (χ2v) is 6.36. The highest BCUT2D eigenvalue weighted by molar-refractivity contribution is 7.89. The van der Waals surface area contributed by atoms with E-state index in [2.05, 4.69) is 4.74 Å². The van der Waals surface area contributed by atoms with E-state index in [4.69, 9.17) is 22.7 Å². The monoisotopic (exact) mass is 312 g/mol. The molecule has 2 N–H and O–H groups in total. The topological polar surface area (TPSA) is 98.9 Å². The number of carbonyl (C=O) groups excluding carboxylic acids is 1. The number of carbonyl (C=O) groups is 1. The fraction of sp³-hybridized carbons (Fsp3) is 0.800. The van der Waals surface area contributed by atoms with Gasteiger partial charge in [0.15, 0.2) is 0 Å². The molecule has 9 heteroatoms. The van der Waals surface area contributed by atoms with Crippen molar-refractivity contribution < 1.29 is 22.7 Å². The van der Waals surface area contributed by atoms with Crippen LogP contribution in [0.5, 0.6) is 0 Å². The van der Waals surface area contributed by atoms with E-state index in [0.717, 1.165) is 0 Å². The molecule has 0 amide bonds. The summed E-state index contributed by atoms with van der Waals surface area (Å²) in [6.07, 6.45) is 0.103. The maximum absolute atomic E-state index is 12.0. The van der Waals surface area contributed by atoms with Crippen molar-refractivity contribution in [2.45, 2.75) is 12.8 Å². The molecule has 0 saturated heterocycles. The van der Waals surface area contributed by atoms with Crippen LogP contribution in [0.15, 0.2) is 0 Å². The van der Waals surface area contributed by atoms with Crippen molar-refractivity contribution in [1.82, 2.24) is 4.31 Å². The summed E-state index contributed by atoms with van der Waals surface area (Å²) < 4.78 is 34.6. The highest BCUT2D eigenvalue weighted by Crippen LogP contribution is 2.05. The Morgan fingerprint density at radius 3 is 2.37 bits per heavy atom. The zero-order valence-electron chi connectivity index (χ0n) is 11.1. The SMILES string of the molecule is COCCN(CCC(N)=S)S(=O)(=O)CCC(=O)OC. The van der Waals surface area contributed by atoms with Crippen LogP contribution in [0.1, 0.15) is 12.8 Å². The van der Waals surface area contributed by atoms with Crippen molar-refractivity contribution >= 4 is 33.2 Å². The molecule has 0 spiro atoms. The lowest BCUT2D eigenvalue weighted by molar-refractivity contribution is -0.140. The molecule has 0 unspecified atom stereocenters. The van der Waals surface area contributed by atoms with Gasteiger partial charge in [-0.1, -0.05) is 12.2 Å². The predicted molar refractivity (Wildman–Crippen MR) is 75.3 cm³/mol. The first-order chi connectivity index (χ1) is 8.83. The number of nitrogens with zero attached hydrogens (tertiary/aromatic N) is 1. The van der Waals surface area contributed by atoms with E-state index < -0.39 is 16.0 Å². The molecule has 0 aliphatic heterocycles. The molecule has 0 atom stereocenters. The second kappa shape index (κ2) is 9.18. The van der Waals surface area contributed by atoms with E-state index >= 15 is 0 Å². The van der Waals surface area contributed by atoms with Gasteiger partial charge in [0.25, 0.3) is 0 Å². The number of rotatable bonds is 10. The molecular formula is C10H20N2O5S2. The Morgan fingerprint density at radius 2 is 1.89 bits per heavy atom. The first-order valence-electron chi connectivity index (χ1n) is 5.65. The van der Waals surface area contributed by atoms with Gasteiger partial charge >= 0.3 is 5.97 Å². The molecule has 0 radical (unpaired) electrons. The molecule has 0 fully saturated rings. The third kappa shape index (κ3) is 8.09. The first-order valence-corrected chi connectivity index (χ1v) is 7.67. The maximum atomic E-state index is 12.0. The fourth-order valence-electron chi connectivity index (χ4n) is 1.26. The molecule has 19 heavy (non-hydrogen) atoms. The summed E-state index contributed by atoms with van der Waals surface area (Å²) in [5, 5.41) is 0. The zero-order valence-corrected chi connectivity index (χ0v) is 12.8. The number of ether oxygens (including phenoxy) is 2. The normalized spacial score (nSPS) is 11.5. The highest BCUT2D eigenvalue weighted by Gasteiger charge is 2.22. The van der Waals surface area contributed by atoms with E-state index in [1.54, 1.807) is 0 Å². The number of thiocarbonyl (C=S) groups is 1. The average molecular weight is 312 g/mol. The van der Waals surface area contributed by atoms with Gasteiger partial charge in [-0.15, -0.1) is 0 Å². The molecule has 0 rings (SSSR count). The van der Waals surface area contributed by atoms with Gasteiger partial charge in [-0.05, 0) is 0 Å². The lowest BCUT2D eigenvalue weighted by Gasteiger charge is -2.21. The molecule has 0 aromatic carbocycles. The van der Waals surface area contributed by atoms with Crippen LogP contribution >= 0.6 is 12.2 Å². The van der Waals surface area contributed by atoms with Crippen LogP contribution in [0.2, 0.25) is 0 Å². The standard InChI is InChI=1S/C10H20N2O5S2/c1-16-7-6-12(5-3-9(11)18)19(14,15)8-4-10(13)17-2/h3-8H2,1-2H3,(H2,11,18). The Morgan fingerprint density at radius 1 is 1.26 bits per heavy atom. The minimum atomic E-state index is -3.56. The van der Waals surface area contributed by atoms with Gasteiger partial charge < -0.3 is 15.2 Å². The second-order valence-electron chi connectivity index (χ2n) is 3.75. The Bertz CT molecular complexity index is 397. The van der Waals surface area contributed by atoms with Crippen LogP contribution < -0.4 is 5.73 Å². The summed E-state index contributed by atoms with van der Waals surface area (Å²) >= 11 is 4.73. The highest BCUT2D eigenvalue weighted by atomic mass is 32.2. The summed E-state index contributed by atoms with van der Waals surface area (Å²) in [5.74, 6) is -0.870. The first kappa shape index (κ1) is 18.2. The van der Waals surface area contributed by atoms with E-state index in [-0.39, 0.29) is 43.3 Å². The Hall–Kier alpha value is -0.770. The maximum Gasteiger partial charge on any atom is 0.306 e. The van der Waals surface area contributed by atoms with Crippen molar-refractivity contribution in [3.63, 3.8) is 0 Å². The largest absolute Gasteiger partial charge is 0.469 e. The Balaban J connectivity index is 4.60. The van der Waals surface area contributed by atoms with E-state index in [1.807, 2.05) is 0 Å². The zero-order chi connectivity index (χ0) is 14.9. The molecular weight excluding hydrogens is 292 g/mol. The van der Waals surface area contributed by atoms with Crippen molar-refractivity contribution in [2.75, 3.05) is 39.7 Å². The summed E-state index contributed by atoms with van der Waals surface area (Å²) in [6, 6.07) is 0. The van der Waals surface area contributed by atoms with Crippen LogP contribution in [-0.4, -0.2) is 63.3 Å². The lowest BCUT2D eigenvalue weighted by Crippen LogP contribution is -2.38. The van der Waals surface area contributed by atoms with Crippen LogP contribution in [0.3, 0.4) is 0 Å². The molecule has 0 aromatic rings. The lowest BCUT2D eigenvalue weighted by atomic mass is 10.4. The molecule has 0 heterocycles. The van der Waals surface area contributed by atoms with Crippen LogP contribution in [0, 0.1) is 0 Å². The molecule has 0 saturated carbocycles. The Labute approximate surface area is 119 Å². The van der Waals surface area contributed by atoms with Gasteiger partial charge in [0.05, 0.1) is 30.9 Å². The van der Waals surface area contributed by atoms with Gasteiger partial charge in [-0.2, -0.15) is 4.31 Å². The molecule has 7 nitrogen and oxygen atoms in total. The number of hydrogen-bond donors (Lipinski definition) is 1. The smallest absolute Gasteiger partial charge is 0.306 e. The minimum absolute atomic E-state index is 0.183. The summed E-state index contributed by atoms with van der Waals surface area (Å²) in [7, 11) is -0.866. The minimum Gasteiger partial charge on any atom is -0.469 e. The van der Waals surface area contributed by atoms with E-state index in [1.165, 1.54) is 18.5 Å². The van der Waals surface area contributed by atoms with Gasteiger partial charge in [0.2, 0.25) is 10.0 Å². The van der Waals surface area contributed by atoms with Crippen molar-refractivity contribution in [3.8, 4) is 0 Å². The number of nitrogens with two attached hydrogens (primary N) is 1. The third-order valence-electron chi connectivity index (χ3n) is 2.34. The molecule has 0 bridgehead atoms. The number of methoxy groups -OCH3 is 2. The van der Waals surface area contributed by atoms with Crippen molar-refractivity contribution in [3.05, 3.63) is 0 Å². The number of sulfonamides is 1. The van der Waals surface area contributed by atoms with E-state index in [9.17, 15) is 13.2 Å². The fourth-order valence-corrected chi connectivity index (χ4v) is 2.76. The van der Waals surface area contributed by atoms with Gasteiger partial charge in [-0.25, -0.2) is 8.42 Å². The molecule has 0 aliphatic rings. The Kier molecular flexibility index (Phi) is 8.81. The molecule has 0 aliphatic carbocycles. The summed E-state index contributed by atoms with van der Waals surface area (Å²) in [4.78, 5) is 11.2. The molecule has 112 valence electrons. The van der Waals surface area contributed by atoms with E-state index in [0.29, 0.717) is 0 Å². The van der Waals surface area contributed by atoms with Crippen LogP contribution in [0.25, 0.3) is 0 Å². The summed E-state index contributed by atoms with van der Waals surface area (Å²) in [6.45, 7) is 0.638. The van der Waals surface area contributed by atoms with Crippen molar-refractivity contribution in [1.29, 1.82) is 0 Å². The number of hydrogen-bond acceptors (Lipinski definition) is 6. The van der Waals surface area contributed by atoms with Crippen LogP contribution in [0.4, 0.5) is 0 Å². The quantitative estimate of drug-likeness (QED) is 0.429. The van der Waals surface area contributed by atoms with Gasteiger partial charge in [0, 0.05) is 26.6 Å². The predicted octanol–water partition coefficient (Wildman–Crippen LogP) is -0.496. The number of esters is 1. The van der Waals surface area contributed by atoms with Gasteiger partial charge in [-0.3, -0.25) is 4.79 Å². The third-order valence-corrected chi connectivity index (χ3v) is 4.41.